The fourth-order valence-corrected chi connectivity index (χ4v) is 0.287. The zero-order valence-corrected chi connectivity index (χ0v) is 6.47. The van der Waals surface area contributed by atoms with Gasteiger partial charge in [0.25, 0.3) is 0 Å². The van der Waals surface area contributed by atoms with Crippen LogP contribution in [0.5, 0.6) is 0 Å². The molecule has 4 nitrogen and oxygen atoms in total. The summed E-state index contributed by atoms with van der Waals surface area (Å²) in [5, 5.41) is 9.55. The second-order valence-corrected chi connectivity index (χ2v) is 2.19. The van der Waals surface area contributed by atoms with Gasteiger partial charge in [-0.05, 0) is 0 Å². The highest BCUT2D eigenvalue weighted by atomic mass is 15.5. The summed E-state index contributed by atoms with van der Waals surface area (Å²) in [5.41, 5.74) is 0. The third-order valence-electron chi connectivity index (χ3n) is 0.645. The Hall–Kier alpha value is -0.0951. The molecule has 5 heteroatoms. The standard InChI is InChI=1S/C4H14BN4/c1-8(2)6-5-7-9(3)4/h6-7H,1-4H3. The zero-order chi connectivity index (χ0) is 7.28. The van der Waals surface area contributed by atoms with Gasteiger partial charge < -0.3 is 0 Å². The van der Waals surface area contributed by atoms with Crippen LogP contribution in [-0.4, -0.2) is 45.8 Å². The highest BCUT2D eigenvalue weighted by molar-refractivity contribution is 6.28. The summed E-state index contributed by atoms with van der Waals surface area (Å²) in [6.45, 7) is 0. The Morgan fingerprint density at radius 3 is 1.44 bits per heavy atom. The van der Waals surface area contributed by atoms with Crippen LogP contribution >= 0.6 is 0 Å². The van der Waals surface area contributed by atoms with Crippen LogP contribution in [0, 0.1) is 0 Å². The van der Waals surface area contributed by atoms with Gasteiger partial charge in [-0.3, -0.25) is 20.7 Å². The van der Waals surface area contributed by atoms with Crippen molar-refractivity contribution < 1.29 is 0 Å². The molecule has 0 saturated heterocycles. The average Bonchev–Trinajstić information content (AvgIpc) is 1.63. The summed E-state index contributed by atoms with van der Waals surface area (Å²) in [4.78, 5) is 0. The molecule has 0 aromatic carbocycles. The van der Waals surface area contributed by atoms with Crippen molar-refractivity contribution in [2.45, 2.75) is 0 Å². The van der Waals surface area contributed by atoms with E-state index in [1.165, 1.54) is 0 Å². The molecule has 0 aromatic rings. The van der Waals surface area contributed by atoms with E-state index in [2.05, 4.69) is 10.7 Å². The van der Waals surface area contributed by atoms with Gasteiger partial charge in [0.05, 0.1) is 0 Å². The number of nitrogens with zero attached hydrogens (tertiary/aromatic N) is 2. The number of hydrazine groups is 2. The van der Waals surface area contributed by atoms with Crippen LogP contribution in [0.1, 0.15) is 0 Å². The van der Waals surface area contributed by atoms with Crippen molar-refractivity contribution >= 4 is 7.55 Å². The third kappa shape index (κ3) is 7.90. The summed E-state index contributed by atoms with van der Waals surface area (Å²) in [6.07, 6.45) is 0. The van der Waals surface area contributed by atoms with Crippen molar-refractivity contribution in [3.05, 3.63) is 0 Å². The maximum atomic E-state index is 2.93. The van der Waals surface area contributed by atoms with Crippen LogP contribution in [-0.2, 0) is 0 Å². The molecule has 0 aliphatic rings. The van der Waals surface area contributed by atoms with Crippen LogP contribution in [0.4, 0.5) is 0 Å². The number of rotatable bonds is 4. The van der Waals surface area contributed by atoms with Crippen molar-refractivity contribution in [1.82, 2.24) is 20.7 Å². The maximum absolute atomic E-state index is 2.93. The van der Waals surface area contributed by atoms with Gasteiger partial charge >= 0.3 is 7.55 Å². The second-order valence-electron chi connectivity index (χ2n) is 2.19. The first-order valence-corrected chi connectivity index (χ1v) is 2.81. The van der Waals surface area contributed by atoms with Gasteiger partial charge in [0.1, 0.15) is 0 Å². The molecule has 1 radical (unpaired) electrons. The molecule has 9 heavy (non-hydrogen) atoms. The molecule has 0 aromatic heterocycles. The van der Waals surface area contributed by atoms with Crippen LogP contribution in [0.15, 0.2) is 0 Å². The first-order chi connectivity index (χ1) is 4.13. The number of hydrogen-bond acceptors (Lipinski definition) is 4. The third-order valence-corrected chi connectivity index (χ3v) is 0.645. The largest absolute Gasteiger partial charge is 0.337 e. The Kier molecular flexibility index (Phi) is 4.70. The van der Waals surface area contributed by atoms with Gasteiger partial charge in [-0.1, -0.05) is 0 Å². The fourth-order valence-electron chi connectivity index (χ4n) is 0.287. The van der Waals surface area contributed by atoms with E-state index >= 15 is 0 Å². The fraction of sp³-hybridized carbons (Fsp3) is 1.00. The van der Waals surface area contributed by atoms with E-state index in [9.17, 15) is 0 Å². The molecule has 0 rings (SSSR count). The van der Waals surface area contributed by atoms with E-state index in [0.29, 0.717) is 0 Å². The number of nitrogens with one attached hydrogen (secondary N) is 2. The van der Waals surface area contributed by atoms with Crippen molar-refractivity contribution in [3.63, 3.8) is 0 Å². The molecule has 0 amide bonds. The van der Waals surface area contributed by atoms with Crippen molar-refractivity contribution in [2.75, 3.05) is 28.2 Å². The van der Waals surface area contributed by atoms with Crippen molar-refractivity contribution in [1.29, 1.82) is 0 Å². The molecular formula is C4H14BN4. The predicted molar refractivity (Wildman–Crippen MR) is 39.4 cm³/mol. The predicted octanol–water partition coefficient (Wildman–Crippen LogP) is -1.35. The lowest BCUT2D eigenvalue weighted by molar-refractivity contribution is 0.334. The van der Waals surface area contributed by atoms with Crippen molar-refractivity contribution in [3.8, 4) is 0 Å². The minimum absolute atomic E-state index is 1.75. The molecule has 2 N–H and O–H groups in total. The van der Waals surface area contributed by atoms with E-state index in [4.69, 9.17) is 0 Å². The van der Waals surface area contributed by atoms with Gasteiger partial charge in [0.2, 0.25) is 0 Å². The van der Waals surface area contributed by atoms with Crippen LogP contribution in [0.3, 0.4) is 0 Å². The minimum atomic E-state index is 1.75. The normalized spacial score (nSPS) is 10.9. The van der Waals surface area contributed by atoms with Gasteiger partial charge in [0, 0.05) is 28.2 Å². The SMILES string of the molecule is CN(C)N[B]NN(C)C. The highest BCUT2D eigenvalue weighted by Crippen LogP contribution is 1.59. The van der Waals surface area contributed by atoms with E-state index < -0.39 is 0 Å². The lowest BCUT2D eigenvalue weighted by atomic mass is 10.2. The van der Waals surface area contributed by atoms with Crippen molar-refractivity contribution in [2.24, 2.45) is 0 Å². The summed E-state index contributed by atoms with van der Waals surface area (Å²) >= 11 is 0. The molecular weight excluding hydrogens is 115 g/mol. The van der Waals surface area contributed by atoms with Gasteiger partial charge in [-0.25, -0.2) is 0 Å². The molecule has 0 bridgehead atoms. The first kappa shape index (κ1) is 8.90. The summed E-state index contributed by atoms with van der Waals surface area (Å²) in [7, 11) is 9.45. The first-order valence-electron chi connectivity index (χ1n) is 2.81. The van der Waals surface area contributed by atoms with Crippen LogP contribution in [0.2, 0.25) is 0 Å². The molecule has 53 valence electrons. The number of hydrogen-bond donors (Lipinski definition) is 2. The molecule has 0 unspecified atom stereocenters. The molecule has 0 atom stereocenters. The Bertz CT molecular complexity index is 57.6. The molecule has 0 saturated carbocycles. The van der Waals surface area contributed by atoms with Crippen LogP contribution < -0.4 is 10.7 Å². The molecule has 0 aliphatic carbocycles. The molecule has 0 spiro atoms. The second kappa shape index (κ2) is 4.75. The van der Waals surface area contributed by atoms with E-state index in [-0.39, 0.29) is 0 Å². The summed E-state index contributed by atoms with van der Waals surface area (Å²) < 4.78 is 0. The monoisotopic (exact) mass is 129 g/mol. The lowest BCUT2D eigenvalue weighted by Gasteiger charge is -2.14. The Balaban J connectivity index is 2.91. The summed E-state index contributed by atoms with van der Waals surface area (Å²) in [5.74, 6) is 0. The van der Waals surface area contributed by atoms with E-state index in [0.717, 1.165) is 0 Å². The molecule has 0 aliphatic heterocycles. The van der Waals surface area contributed by atoms with Gasteiger partial charge in [-0.2, -0.15) is 0 Å². The van der Waals surface area contributed by atoms with Gasteiger partial charge in [-0.15, -0.1) is 0 Å². The summed E-state index contributed by atoms with van der Waals surface area (Å²) in [6, 6.07) is 0. The average molecular weight is 129 g/mol. The van der Waals surface area contributed by atoms with Crippen LogP contribution in [0.25, 0.3) is 0 Å². The highest BCUT2D eigenvalue weighted by Gasteiger charge is 1.91. The zero-order valence-electron chi connectivity index (χ0n) is 6.47. The minimum Gasteiger partial charge on any atom is -0.281 e. The topological polar surface area (TPSA) is 30.5 Å². The Labute approximate surface area is 57.4 Å². The smallest absolute Gasteiger partial charge is 0.281 e. The van der Waals surface area contributed by atoms with E-state index in [1.807, 2.05) is 38.2 Å². The molecule has 0 heterocycles. The molecule has 0 fully saturated rings. The quantitative estimate of drug-likeness (QED) is 0.363. The maximum Gasteiger partial charge on any atom is 0.337 e. The van der Waals surface area contributed by atoms with E-state index in [1.54, 1.807) is 7.55 Å². The lowest BCUT2D eigenvalue weighted by Crippen LogP contribution is -2.46. The Morgan fingerprint density at radius 1 is 0.889 bits per heavy atom. The Morgan fingerprint density at radius 2 is 1.22 bits per heavy atom. The van der Waals surface area contributed by atoms with Gasteiger partial charge in [0.15, 0.2) is 0 Å².